The molecule has 5 rings (SSSR count). The van der Waals surface area contributed by atoms with E-state index in [2.05, 4.69) is 26.0 Å². The second kappa shape index (κ2) is 11.9. The van der Waals surface area contributed by atoms with Gasteiger partial charge in [0.25, 0.3) is 11.8 Å². The number of urea groups is 1. The number of carbonyl (C=O) groups is 3. The van der Waals surface area contributed by atoms with Gasteiger partial charge in [-0.2, -0.15) is 23.5 Å². The Balaban J connectivity index is 1.24. The summed E-state index contributed by atoms with van der Waals surface area (Å²) in [5.41, 5.74) is -1.12. The fraction of sp³-hybridized carbons (Fsp3) is 0.385. The smallest absolute Gasteiger partial charge is 0.335 e. The molecule has 0 saturated carbocycles. The first-order valence-electron chi connectivity index (χ1n) is 13.2. The van der Waals surface area contributed by atoms with E-state index in [1.807, 2.05) is 0 Å². The van der Waals surface area contributed by atoms with Crippen LogP contribution in [-0.2, 0) is 19.8 Å². The lowest BCUT2D eigenvalue weighted by molar-refractivity contribution is -0.141. The van der Waals surface area contributed by atoms with Crippen LogP contribution in [0.5, 0.6) is 0 Å². The van der Waals surface area contributed by atoms with Crippen LogP contribution in [-0.4, -0.2) is 92.3 Å². The molecule has 1 aromatic carbocycles. The third-order valence-electron chi connectivity index (χ3n) is 7.15. The molecule has 2 saturated heterocycles. The molecule has 0 radical (unpaired) electrons. The summed E-state index contributed by atoms with van der Waals surface area (Å²) in [5.74, 6) is -1.24. The van der Waals surface area contributed by atoms with Crippen LogP contribution in [0, 0.1) is 11.3 Å². The van der Waals surface area contributed by atoms with Gasteiger partial charge in [-0.05, 0) is 18.2 Å². The van der Waals surface area contributed by atoms with Crippen LogP contribution >= 0.6 is 11.6 Å². The Labute approximate surface area is 248 Å². The second-order valence-corrected chi connectivity index (χ2v) is 10.4. The van der Waals surface area contributed by atoms with E-state index in [-0.39, 0.29) is 57.9 Å². The highest BCUT2D eigenvalue weighted by atomic mass is 35.5. The van der Waals surface area contributed by atoms with Crippen LogP contribution in [0.1, 0.15) is 26.7 Å². The fourth-order valence-electron chi connectivity index (χ4n) is 4.74. The topological polar surface area (TPSA) is 153 Å². The lowest BCUT2D eigenvalue weighted by Crippen LogP contribution is -2.61. The van der Waals surface area contributed by atoms with Crippen molar-refractivity contribution >= 4 is 35.1 Å². The summed E-state index contributed by atoms with van der Waals surface area (Å²) in [5, 5.41) is 21.0. The van der Waals surface area contributed by atoms with Crippen molar-refractivity contribution in [3.8, 4) is 17.3 Å². The Bertz CT molecular complexity index is 1600. The van der Waals surface area contributed by atoms with Gasteiger partial charge in [0.1, 0.15) is 6.54 Å². The summed E-state index contributed by atoms with van der Waals surface area (Å²) >= 11 is 6.40. The molecule has 17 heteroatoms. The molecule has 4 heterocycles. The molecule has 0 atom stereocenters. The van der Waals surface area contributed by atoms with E-state index in [0.717, 1.165) is 30.2 Å². The van der Waals surface area contributed by atoms with Crippen molar-refractivity contribution in [3.05, 3.63) is 52.7 Å². The lowest BCUT2D eigenvalue weighted by Gasteiger charge is -2.37. The maximum absolute atomic E-state index is 13.6. The molecule has 3 N–H and O–H groups in total. The first-order valence-corrected chi connectivity index (χ1v) is 13.5. The minimum absolute atomic E-state index is 0.0294. The average Bonchev–Trinajstić information content (AvgIpc) is 3.54. The number of alkyl halides is 3. The predicted molar refractivity (Wildman–Crippen MR) is 147 cm³/mol. The van der Waals surface area contributed by atoms with E-state index in [1.54, 1.807) is 15.9 Å². The van der Waals surface area contributed by atoms with Crippen molar-refractivity contribution in [3.63, 3.8) is 0 Å². The molecule has 3 aromatic rings. The zero-order valence-electron chi connectivity index (χ0n) is 22.8. The summed E-state index contributed by atoms with van der Waals surface area (Å²) < 4.78 is 42.8. The molecule has 2 aliphatic heterocycles. The number of benzene rings is 1. The standard InChI is InChI=1S/C26H26ClF3N10O3/c1-37-20(18-14-40(5-4-31)36-21(18)26(28,29)30)13-33-22(37)23(41)34-15-2-3-17(19(27)10-15)24(42)38-6-8-39(9-7-38)25(43)35-16-11-32-12-16/h2-3,10,13-14,16,32H,5-9,11-12H2,1H3,(H,34,41)(H,35,43). The number of carbonyl (C=O) groups excluding carboxylic acids is 3. The number of rotatable bonds is 6. The molecule has 43 heavy (non-hydrogen) atoms. The van der Waals surface area contributed by atoms with E-state index in [1.165, 1.54) is 29.8 Å². The third-order valence-corrected chi connectivity index (χ3v) is 7.46. The van der Waals surface area contributed by atoms with Crippen molar-refractivity contribution in [2.45, 2.75) is 18.8 Å². The summed E-state index contributed by atoms with van der Waals surface area (Å²) in [7, 11) is 1.38. The van der Waals surface area contributed by atoms with Crippen molar-refractivity contribution in [1.82, 2.24) is 39.8 Å². The Hall–Kier alpha value is -4.62. The molecule has 13 nitrogen and oxygen atoms in total. The first-order chi connectivity index (χ1) is 20.5. The number of hydrogen-bond acceptors (Lipinski definition) is 7. The summed E-state index contributed by atoms with van der Waals surface area (Å²) in [6.45, 7) is 2.49. The molecule has 2 aromatic heterocycles. The van der Waals surface area contributed by atoms with Crippen molar-refractivity contribution in [2.75, 3.05) is 44.6 Å². The van der Waals surface area contributed by atoms with Gasteiger partial charge >= 0.3 is 12.2 Å². The van der Waals surface area contributed by atoms with Gasteiger partial charge in [0.15, 0.2) is 11.5 Å². The van der Waals surface area contributed by atoms with Crippen LogP contribution in [0.4, 0.5) is 23.7 Å². The van der Waals surface area contributed by atoms with Crippen LogP contribution in [0.2, 0.25) is 5.02 Å². The minimum atomic E-state index is -4.80. The number of piperazine rings is 1. The highest BCUT2D eigenvalue weighted by molar-refractivity contribution is 6.34. The molecular formula is C26H26ClF3N10O3. The number of hydrogen-bond donors (Lipinski definition) is 3. The fourth-order valence-corrected chi connectivity index (χ4v) is 5.00. The number of anilines is 1. The van der Waals surface area contributed by atoms with E-state index in [0.29, 0.717) is 26.2 Å². The number of imidazole rings is 1. The quantitative estimate of drug-likeness (QED) is 0.383. The number of nitriles is 1. The average molecular weight is 619 g/mol. The van der Waals surface area contributed by atoms with Crippen LogP contribution in [0.25, 0.3) is 11.3 Å². The maximum Gasteiger partial charge on any atom is 0.435 e. The van der Waals surface area contributed by atoms with Gasteiger partial charge in [0, 0.05) is 58.2 Å². The number of amides is 4. The van der Waals surface area contributed by atoms with E-state index < -0.39 is 17.8 Å². The normalized spacial score (nSPS) is 15.5. The van der Waals surface area contributed by atoms with E-state index in [9.17, 15) is 27.6 Å². The summed E-state index contributed by atoms with van der Waals surface area (Å²) in [6, 6.07) is 6.02. The van der Waals surface area contributed by atoms with Crippen LogP contribution < -0.4 is 16.0 Å². The minimum Gasteiger partial charge on any atom is -0.335 e. The second-order valence-electron chi connectivity index (χ2n) is 10.0. The predicted octanol–water partition coefficient (Wildman–Crippen LogP) is 2.17. The van der Waals surface area contributed by atoms with Gasteiger partial charge in [0.2, 0.25) is 0 Å². The van der Waals surface area contributed by atoms with E-state index >= 15 is 0 Å². The molecule has 2 fully saturated rings. The van der Waals surface area contributed by atoms with Gasteiger partial charge in [-0.25, -0.2) is 9.78 Å². The maximum atomic E-state index is 13.6. The van der Waals surface area contributed by atoms with Crippen molar-refractivity contribution in [1.29, 1.82) is 5.26 Å². The first kappa shape index (κ1) is 29.9. The zero-order valence-corrected chi connectivity index (χ0v) is 23.5. The number of aromatic nitrogens is 4. The summed E-state index contributed by atoms with van der Waals surface area (Å²) in [6.07, 6.45) is -2.61. The molecule has 0 unspecified atom stereocenters. The van der Waals surface area contributed by atoms with Crippen molar-refractivity contribution in [2.24, 2.45) is 7.05 Å². The molecule has 0 aliphatic carbocycles. The molecule has 0 spiro atoms. The number of nitrogens with zero attached hydrogens (tertiary/aromatic N) is 7. The number of nitrogens with one attached hydrogen (secondary N) is 3. The SMILES string of the molecule is Cn1c(-c2cn(CC#N)nc2C(F)(F)F)cnc1C(=O)Nc1ccc(C(=O)N2CCN(C(=O)NC3CNC3)CC2)c(Cl)c1. The highest BCUT2D eigenvalue weighted by Gasteiger charge is 2.38. The molecule has 4 amide bonds. The Kier molecular flexibility index (Phi) is 8.29. The lowest BCUT2D eigenvalue weighted by atomic mass is 10.1. The largest absolute Gasteiger partial charge is 0.435 e. The number of halogens is 4. The van der Waals surface area contributed by atoms with Crippen LogP contribution in [0.15, 0.2) is 30.6 Å². The van der Waals surface area contributed by atoms with Crippen LogP contribution in [0.3, 0.4) is 0 Å². The molecular weight excluding hydrogens is 593 g/mol. The summed E-state index contributed by atoms with van der Waals surface area (Å²) in [4.78, 5) is 45.7. The highest BCUT2D eigenvalue weighted by Crippen LogP contribution is 2.36. The Morgan fingerprint density at radius 2 is 1.86 bits per heavy atom. The van der Waals surface area contributed by atoms with E-state index in [4.69, 9.17) is 16.9 Å². The molecule has 226 valence electrons. The van der Waals surface area contributed by atoms with Gasteiger partial charge < -0.3 is 30.3 Å². The zero-order chi connectivity index (χ0) is 30.9. The van der Waals surface area contributed by atoms with Gasteiger partial charge in [0.05, 0.1) is 40.2 Å². The molecule has 0 bridgehead atoms. The van der Waals surface area contributed by atoms with Gasteiger partial charge in [-0.15, -0.1) is 0 Å². The van der Waals surface area contributed by atoms with Gasteiger partial charge in [-0.3, -0.25) is 14.3 Å². The Morgan fingerprint density at radius 1 is 1.16 bits per heavy atom. The molecule has 2 aliphatic rings. The van der Waals surface area contributed by atoms with Crippen molar-refractivity contribution < 1.29 is 27.6 Å². The Morgan fingerprint density at radius 3 is 2.47 bits per heavy atom. The third kappa shape index (κ3) is 6.27. The van der Waals surface area contributed by atoms with Gasteiger partial charge in [-0.1, -0.05) is 11.6 Å². The monoisotopic (exact) mass is 618 g/mol.